The molecule has 0 saturated heterocycles. The Labute approximate surface area is 174 Å². The van der Waals surface area contributed by atoms with Gasteiger partial charge in [-0.1, -0.05) is 35.3 Å². The third-order valence-corrected chi connectivity index (χ3v) is 6.01. The highest BCUT2D eigenvalue weighted by molar-refractivity contribution is 7.80. The molecule has 0 spiro atoms. The molecule has 8 heteroatoms. The smallest absolute Gasteiger partial charge is 0.269 e. The molecule has 2 heterocycles. The fourth-order valence-corrected chi connectivity index (χ4v) is 4.60. The second-order valence-corrected chi connectivity index (χ2v) is 7.94. The Morgan fingerprint density at radius 3 is 2.78 bits per heavy atom. The van der Waals surface area contributed by atoms with E-state index in [1.54, 1.807) is 24.4 Å². The van der Waals surface area contributed by atoms with Gasteiger partial charge in [-0.05, 0) is 48.6 Å². The van der Waals surface area contributed by atoms with E-state index >= 15 is 0 Å². The summed E-state index contributed by atoms with van der Waals surface area (Å²) in [4.78, 5) is 17.3. The second-order valence-electron chi connectivity index (χ2n) is 5.67. The minimum atomic E-state index is -0.367. The summed E-state index contributed by atoms with van der Waals surface area (Å²) in [5.41, 5.74) is 1.60. The lowest BCUT2D eigenvalue weighted by Gasteiger charge is -2.11. The maximum absolute atomic E-state index is 12.6. The zero-order valence-electron chi connectivity index (χ0n) is 13.6. The van der Waals surface area contributed by atoms with E-state index in [-0.39, 0.29) is 11.0 Å². The number of amides is 1. The molecule has 1 amide bonds. The highest BCUT2D eigenvalue weighted by Crippen LogP contribution is 2.36. The maximum atomic E-state index is 12.6. The number of carbonyl (C=O) groups excluding carboxylic acids is 1. The summed E-state index contributed by atoms with van der Waals surface area (Å²) in [6, 6.07) is 14.7. The number of fused-ring (bicyclic) bond motifs is 2. The van der Waals surface area contributed by atoms with Crippen molar-refractivity contribution in [3.8, 4) is 0 Å². The average molecular weight is 432 g/mol. The molecule has 0 aliphatic carbocycles. The van der Waals surface area contributed by atoms with E-state index in [2.05, 4.69) is 15.6 Å². The third kappa shape index (κ3) is 3.61. The van der Waals surface area contributed by atoms with Gasteiger partial charge in [-0.25, -0.2) is 0 Å². The molecule has 0 saturated carbocycles. The molecule has 2 N–H and O–H groups in total. The fraction of sp³-hybridized carbons (Fsp3) is 0. The Hall–Kier alpha value is -2.25. The second kappa shape index (κ2) is 7.40. The van der Waals surface area contributed by atoms with E-state index in [0.29, 0.717) is 14.9 Å². The number of aromatic nitrogens is 1. The third-order valence-electron chi connectivity index (χ3n) is 3.92. The van der Waals surface area contributed by atoms with Gasteiger partial charge in [-0.15, -0.1) is 11.3 Å². The quantitative estimate of drug-likeness (QED) is 0.388. The SMILES string of the molecule is O=C(NC(=S)Nc1cccc2ncccc12)c1sc2cc(Cl)ccc2c1Cl. The number of rotatable bonds is 2. The normalized spacial score (nSPS) is 10.9. The number of anilines is 1. The number of pyridine rings is 1. The van der Waals surface area contributed by atoms with Gasteiger partial charge in [0.1, 0.15) is 4.88 Å². The number of halogens is 2. The van der Waals surface area contributed by atoms with Crippen LogP contribution in [0.2, 0.25) is 10.0 Å². The maximum Gasteiger partial charge on any atom is 0.269 e. The highest BCUT2D eigenvalue weighted by Gasteiger charge is 2.18. The van der Waals surface area contributed by atoms with Gasteiger partial charge in [0.15, 0.2) is 5.11 Å². The van der Waals surface area contributed by atoms with Crippen LogP contribution in [0.4, 0.5) is 5.69 Å². The van der Waals surface area contributed by atoms with Gasteiger partial charge in [-0.3, -0.25) is 15.1 Å². The summed E-state index contributed by atoms with van der Waals surface area (Å²) in [6.07, 6.45) is 1.72. The summed E-state index contributed by atoms with van der Waals surface area (Å²) in [6.45, 7) is 0. The Kier molecular flexibility index (Phi) is 4.97. The molecule has 0 atom stereocenters. The molecule has 2 aromatic carbocycles. The average Bonchev–Trinajstić information content (AvgIpc) is 2.98. The number of thiophene rings is 1. The fourth-order valence-electron chi connectivity index (χ4n) is 2.71. The monoisotopic (exact) mass is 431 g/mol. The lowest BCUT2D eigenvalue weighted by molar-refractivity contribution is 0.0982. The van der Waals surface area contributed by atoms with Gasteiger partial charge in [0.05, 0.1) is 10.5 Å². The standard InChI is InChI=1S/C19H11Cl2N3OS2/c20-10-6-7-12-15(9-10)27-17(16(12)21)18(25)24-19(26)23-14-5-1-4-13-11(14)3-2-8-22-13/h1-9H,(H2,23,24,25,26). The van der Waals surface area contributed by atoms with E-state index in [1.807, 2.05) is 30.3 Å². The zero-order chi connectivity index (χ0) is 19.0. The number of hydrogen-bond acceptors (Lipinski definition) is 4. The van der Waals surface area contributed by atoms with Crippen molar-refractivity contribution in [2.24, 2.45) is 0 Å². The van der Waals surface area contributed by atoms with Crippen LogP contribution in [0.1, 0.15) is 9.67 Å². The first-order valence-electron chi connectivity index (χ1n) is 7.86. The summed E-state index contributed by atoms with van der Waals surface area (Å²) in [7, 11) is 0. The molecule has 0 aliphatic heterocycles. The van der Waals surface area contributed by atoms with E-state index in [4.69, 9.17) is 35.4 Å². The number of benzene rings is 2. The van der Waals surface area contributed by atoms with Crippen molar-refractivity contribution < 1.29 is 4.79 Å². The number of carbonyl (C=O) groups is 1. The van der Waals surface area contributed by atoms with Gasteiger partial charge in [0.25, 0.3) is 5.91 Å². The summed E-state index contributed by atoms with van der Waals surface area (Å²) < 4.78 is 0.844. The topological polar surface area (TPSA) is 54.0 Å². The van der Waals surface area contributed by atoms with Gasteiger partial charge in [0.2, 0.25) is 0 Å². The van der Waals surface area contributed by atoms with Crippen LogP contribution in [-0.4, -0.2) is 16.0 Å². The number of nitrogens with zero attached hydrogens (tertiary/aromatic N) is 1. The molecule has 134 valence electrons. The molecule has 4 rings (SSSR count). The molecule has 27 heavy (non-hydrogen) atoms. The van der Waals surface area contributed by atoms with Gasteiger partial charge >= 0.3 is 0 Å². The lowest BCUT2D eigenvalue weighted by Crippen LogP contribution is -2.33. The lowest BCUT2D eigenvalue weighted by atomic mass is 10.2. The Bertz CT molecular complexity index is 1200. The highest BCUT2D eigenvalue weighted by atomic mass is 35.5. The van der Waals surface area contributed by atoms with E-state index in [9.17, 15) is 4.79 Å². The van der Waals surface area contributed by atoms with Crippen LogP contribution in [-0.2, 0) is 0 Å². The molecule has 4 nitrogen and oxygen atoms in total. The first-order chi connectivity index (χ1) is 13.0. The van der Waals surface area contributed by atoms with Gasteiger partial charge < -0.3 is 5.32 Å². The van der Waals surface area contributed by atoms with Crippen LogP contribution in [0.3, 0.4) is 0 Å². The van der Waals surface area contributed by atoms with E-state index < -0.39 is 0 Å². The molecule has 0 fully saturated rings. The molecular weight excluding hydrogens is 421 g/mol. The summed E-state index contributed by atoms with van der Waals surface area (Å²) in [5.74, 6) is -0.367. The number of hydrogen-bond donors (Lipinski definition) is 2. The van der Waals surface area contributed by atoms with Crippen molar-refractivity contribution in [2.45, 2.75) is 0 Å². The first-order valence-corrected chi connectivity index (χ1v) is 9.84. The number of nitrogens with one attached hydrogen (secondary N) is 2. The molecule has 0 radical (unpaired) electrons. The van der Waals surface area contributed by atoms with Crippen molar-refractivity contribution in [1.82, 2.24) is 10.3 Å². The summed E-state index contributed by atoms with van der Waals surface area (Å²) >= 11 is 18.9. The van der Waals surface area contributed by atoms with Crippen LogP contribution in [0.15, 0.2) is 54.7 Å². The largest absolute Gasteiger partial charge is 0.332 e. The van der Waals surface area contributed by atoms with Crippen molar-refractivity contribution in [1.29, 1.82) is 0 Å². The van der Waals surface area contributed by atoms with Crippen LogP contribution in [0, 0.1) is 0 Å². The molecule has 0 aliphatic rings. The van der Waals surface area contributed by atoms with Crippen molar-refractivity contribution >= 4 is 84.5 Å². The predicted octanol–water partition coefficient (Wildman–Crippen LogP) is 5.88. The minimum absolute atomic E-state index is 0.183. The van der Waals surface area contributed by atoms with Crippen LogP contribution < -0.4 is 10.6 Å². The van der Waals surface area contributed by atoms with Crippen LogP contribution in [0.25, 0.3) is 21.0 Å². The Morgan fingerprint density at radius 2 is 1.93 bits per heavy atom. The predicted molar refractivity (Wildman–Crippen MR) is 117 cm³/mol. The van der Waals surface area contributed by atoms with Crippen molar-refractivity contribution in [3.63, 3.8) is 0 Å². The molecule has 0 unspecified atom stereocenters. The molecular formula is C19H11Cl2N3OS2. The summed E-state index contributed by atoms with van der Waals surface area (Å²) in [5, 5.41) is 8.59. The Morgan fingerprint density at radius 1 is 1.07 bits per heavy atom. The Balaban J connectivity index is 1.56. The van der Waals surface area contributed by atoms with Gasteiger partial charge in [0, 0.05) is 32.4 Å². The van der Waals surface area contributed by atoms with E-state index in [1.165, 1.54) is 11.3 Å². The number of thiocarbonyl (C=S) groups is 1. The molecule has 2 aromatic heterocycles. The van der Waals surface area contributed by atoms with Gasteiger partial charge in [-0.2, -0.15) is 0 Å². The molecule has 0 bridgehead atoms. The zero-order valence-corrected chi connectivity index (χ0v) is 16.8. The van der Waals surface area contributed by atoms with Crippen molar-refractivity contribution in [3.05, 3.63) is 69.7 Å². The van der Waals surface area contributed by atoms with Crippen LogP contribution in [0.5, 0.6) is 0 Å². The minimum Gasteiger partial charge on any atom is -0.332 e. The van der Waals surface area contributed by atoms with Crippen molar-refractivity contribution in [2.75, 3.05) is 5.32 Å². The first kappa shape index (κ1) is 18.1. The van der Waals surface area contributed by atoms with E-state index in [0.717, 1.165) is 26.7 Å². The molecule has 4 aromatic rings. The van der Waals surface area contributed by atoms with Crippen LogP contribution >= 0.6 is 46.8 Å².